The molecular weight excluding hydrogens is 751 g/mol. The first-order valence-electron chi connectivity index (χ1n) is 21.2. The lowest BCUT2D eigenvalue weighted by Crippen LogP contribution is -2.11. The number of anilines is 3. The zero-order valence-electron chi connectivity index (χ0n) is 33.9. The molecule has 0 atom stereocenters. The lowest BCUT2D eigenvalue weighted by Gasteiger charge is -2.28. The highest BCUT2D eigenvalue weighted by molar-refractivity contribution is 6.13. The fraction of sp³-hybridized carbons (Fsp3) is 0. The van der Waals surface area contributed by atoms with Crippen molar-refractivity contribution < 1.29 is 4.42 Å². The predicted molar refractivity (Wildman–Crippen MR) is 263 cm³/mol. The summed E-state index contributed by atoms with van der Waals surface area (Å²) in [4.78, 5) is 2.39. The topological polar surface area (TPSA) is 16.4 Å². The van der Waals surface area contributed by atoms with Gasteiger partial charge >= 0.3 is 0 Å². The third-order valence-electron chi connectivity index (χ3n) is 12.5. The van der Waals surface area contributed by atoms with Crippen LogP contribution in [0.15, 0.2) is 241 Å². The Bertz CT molecular complexity index is 3610. The Hall–Kier alpha value is -8.20. The van der Waals surface area contributed by atoms with E-state index < -0.39 is 0 Å². The fourth-order valence-corrected chi connectivity index (χ4v) is 9.53. The highest BCUT2D eigenvalue weighted by Gasteiger charge is 2.20. The van der Waals surface area contributed by atoms with Crippen LogP contribution >= 0.6 is 0 Å². The van der Waals surface area contributed by atoms with Gasteiger partial charge in [0.1, 0.15) is 11.2 Å². The number of nitrogens with zero attached hydrogens (tertiary/aromatic N) is 1. The summed E-state index contributed by atoms with van der Waals surface area (Å²) in [6.45, 7) is 0. The summed E-state index contributed by atoms with van der Waals surface area (Å²) in [6, 6.07) is 85.5. The van der Waals surface area contributed by atoms with Gasteiger partial charge in [-0.25, -0.2) is 0 Å². The van der Waals surface area contributed by atoms with Gasteiger partial charge in [0, 0.05) is 27.7 Å². The molecule has 0 aliphatic rings. The van der Waals surface area contributed by atoms with Gasteiger partial charge in [0.05, 0.1) is 5.69 Å². The molecule has 62 heavy (non-hydrogen) atoms. The van der Waals surface area contributed by atoms with E-state index in [4.69, 9.17) is 4.42 Å². The quantitative estimate of drug-likeness (QED) is 0.150. The summed E-state index contributed by atoms with van der Waals surface area (Å²) < 4.78 is 6.27. The number of hydrogen-bond donors (Lipinski definition) is 0. The molecule has 0 bridgehead atoms. The van der Waals surface area contributed by atoms with Gasteiger partial charge in [0.15, 0.2) is 0 Å². The molecule has 0 aliphatic carbocycles. The third-order valence-corrected chi connectivity index (χ3v) is 12.5. The number of fused-ring (bicyclic) bond motifs is 7. The second-order valence-electron chi connectivity index (χ2n) is 16.0. The Balaban J connectivity index is 0.942. The van der Waals surface area contributed by atoms with Gasteiger partial charge in [0.25, 0.3) is 0 Å². The van der Waals surface area contributed by atoms with Gasteiger partial charge in [0.2, 0.25) is 0 Å². The van der Waals surface area contributed by atoms with E-state index in [2.05, 4.69) is 229 Å². The standard InChI is InChI=1S/C60H39NO/c1-3-15-48-42(12-1)14-9-21-53(48)55-17-5-7-23-57(55)61(47-37-32-45(33-38-47)51-20-11-25-59-60(51)56-18-6-8-24-58(56)62-59)46-35-30-41(31-36-46)40-26-28-44(29-27-40)50-19-10-22-52-49-16-4-2-13-43(49)34-39-54(50)52/h1-39H. The zero-order valence-corrected chi connectivity index (χ0v) is 33.9. The fourth-order valence-electron chi connectivity index (χ4n) is 9.53. The molecule has 290 valence electrons. The molecule has 12 rings (SSSR count). The van der Waals surface area contributed by atoms with Crippen molar-refractivity contribution in [2.45, 2.75) is 0 Å². The van der Waals surface area contributed by atoms with Crippen LogP contribution < -0.4 is 4.90 Å². The monoisotopic (exact) mass is 789 g/mol. The Labute approximate surface area is 360 Å². The van der Waals surface area contributed by atoms with Gasteiger partial charge < -0.3 is 9.32 Å². The molecule has 1 aromatic heterocycles. The SMILES string of the molecule is c1ccc(N(c2ccc(-c3ccc(-c4cccc5c4ccc4ccccc45)cc3)cc2)c2ccc(-c3cccc4oc5ccccc5c34)cc2)c(-c2cccc3ccccc23)c1. The van der Waals surface area contributed by atoms with Crippen molar-refractivity contribution in [2.24, 2.45) is 0 Å². The van der Waals surface area contributed by atoms with Gasteiger partial charge in [-0.3, -0.25) is 0 Å². The molecule has 0 saturated carbocycles. The van der Waals surface area contributed by atoms with Gasteiger partial charge in [-0.15, -0.1) is 0 Å². The van der Waals surface area contributed by atoms with Crippen molar-refractivity contribution in [2.75, 3.05) is 4.90 Å². The van der Waals surface area contributed by atoms with E-state index in [0.717, 1.165) is 50.1 Å². The molecule has 1 heterocycles. The van der Waals surface area contributed by atoms with Crippen molar-refractivity contribution in [1.29, 1.82) is 0 Å². The van der Waals surface area contributed by atoms with Gasteiger partial charge in [-0.05, 0) is 114 Å². The van der Waals surface area contributed by atoms with E-state index in [1.54, 1.807) is 0 Å². The van der Waals surface area contributed by atoms with Crippen molar-refractivity contribution in [3.8, 4) is 44.5 Å². The summed E-state index contributed by atoms with van der Waals surface area (Å²) in [5.41, 5.74) is 14.5. The summed E-state index contributed by atoms with van der Waals surface area (Å²) >= 11 is 0. The van der Waals surface area contributed by atoms with Crippen molar-refractivity contribution >= 4 is 71.3 Å². The van der Waals surface area contributed by atoms with Crippen molar-refractivity contribution in [1.82, 2.24) is 0 Å². The molecule has 0 unspecified atom stereocenters. The normalized spacial score (nSPS) is 11.5. The molecule has 0 radical (unpaired) electrons. The maximum absolute atomic E-state index is 6.27. The highest BCUT2D eigenvalue weighted by Crippen LogP contribution is 2.44. The van der Waals surface area contributed by atoms with Crippen LogP contribution in [0.25, 0.3) is 98.8 Å². The average Bonchev–Trinajstić information content (AvgIpc) is 3.74. The highest BCUT2D eigenvalue weighted by atomic mass is 16.3. The molecule has 11 aromatic carbocycles. The van der Waals surface area contributed by atoms with Crippen molar-refractivity contribution in [3.05, 3.63) is 237 Å². The third kappa shape index (κ3) is 6.04. The Morgan fingerprint density at radius 3 is 1.53 bits per heavy atom. The van der Waals surface area contributed by atoms with Crippen LogP contribution in [0.5, 0.6) is 0 Å². The molecule has 2 nitrogen and oxygen atoms in total. The first-order valence-corrected chi connectivity index (χ1v) is 21.2. The lowest BCUT2D eigenvalue weighted by atomic mass is 9.93. The summed E-state index contributed by atoms with van der Waals surface area (Å²) in [5.74, 6) is 0. The minimum absolute atomic E-state index is 0.899. The Kier molecular flexibility index (Phi) is 8.53. The van der Waals surface area contributed by atoms with E-state index in [-0.39, 0.29) is 0 Å². The number of benzene rings is 11. The number of hydrogen-bond acceptors (Lipinski definition) is 2. The summed E-state index contributed by atoms with van der Waals surface area (Å²) in [7, 11) is 0. The zero-order chi connectivity index (χ0) is 41.0. The molecule has 0 fully saturated rings. The van der Waals surface area contributed by atoms with E-state index in [9.17, 15) is 0 Å². The first-order chi connectivity index (χ1) is 30.7. The molecular formula is C60H39NO. The molecule has 0 aliphatic heterocycles. The smallest absolute Gasteiger partial charge is 0.136 e. The first kappa shape index (κ1) is 35.7. The molecule has 0 spiro atoms. The molecule has 0 saturated heterocycles. The van der Waals surface area contributed by atoms with E-state index in [1.807, 2.05) is 12.1 Å². The molecule has 0 N–H and O–H groups in total. The van der Waals surface area contributed by atoms with Crippen LogP contribution in [0.3, 0.4) is 0 Å². The molecule has 2 heteroatoms. The van der Waals surface area contributed by atoms with Crippen LogP contribution in [-0.4, -0.2) is 0 Å². The summed E-state index contributed by atoms with van der Waals surface area (Å²) in [6.07, 6.45) is 0. The minimum Gasteiger partial charge on any atom is -0.456 e. The molecule has 12 aromatic rings. The maximum atomic E-state index is 6.27. The Morgan fingerprint density at radius 2 is 0.742 bits per heavy atom. The van der Waals surface area contributed by atoms with Crippen molar-refractivity contribution in [3.63, 3.8) is 0 Å². The second-order valence-corrected chi connectivity index (χ2v) is 16.0. The second kappa shape index (κ2) is 14.8. The largest absolute Gasteiger partial charge is 0.456 e. The van der Waals surface area contributed by atoms with E-state index >= 15 is 0 Å². The van der Waals surface area contributed by atoms with Crippen LogP contribution in [0.2, 0.25) is 0 Å². The lowest BCUT2D eigenvalue weighted by molar-refractivity contribution is 0.669. The maximum Gasteiger partial charge on any atom is 0.136 e. The Morgan fingerprint density at radius 1 is 0.258 bits per heavy atom. The van der Waals surface area contributed by atoms with Crippen LogP contribution in [0, 0.1) is 0 Å². The minimum atomic E-state index is 0.899. The van der Waals surface area contributed by atoms with Crippen LogP contribution in [0.4, 0.5) is 17.1 Å². The molecule has 0 amide bonds. The number of rotatable bonds is 7. The predicted octanol–water partition coefficient (Wildman–Crippen LogP) is 17.2. The van der Waals surface area contributed by atoms with E-state index in [1.165, 1.54) is 65.7 Å². The van der Waals surface area contributed by atoms with E-state index in [0.29, 0.717) is 0 Å². The van der Waals surface area contributed by atoms with Gasteiger partial charge in [-0.2, -0.15) is 0 Å². The summed E-state index contributed by atoms with van der Waals surface area (Å²) in [5, 5.41) is 9.83. The van der Waals surface area contributed by atoms with Crippen LogP contribution in [-0.2, 0) is 0 Å². The van der Waals surface area contributed by atoms with Gasteiger partial charge in [-0.1, -0.05) is 194 Å². The number of para-hydroxylation sites is 2. The van der Waals surface area contributed by atoms with Crippen LogP contribution in [0.1, 0.15) is 0 Å². The number of furan rings is 1. The average molecular weight is 790 g/mol.